The molecule has 9 heteroatoms. The van der Waals surface area contributed by atoms with Crippen LogP contribution in [0.4, 0.5) is 22.0 Å². The predicted molar refractivity (Wildman–Crippen MR) is 93.8 cm³/mol. The van der Waals surface area contributed by atoms with Crippen molar-refractivity contribution in [2.24, 2.45) is 16.7 Å². The molecular formula is C19H31F5O4. The first-order valence-electron chi connectivity index (χ1n) is 9.22. The highest BCUT2D eigenvalue weighted by atomic mass is 19.4. The minimum Gasteiger partial charge on any atom is -0.456 e. The number of hydrogen-bond acceptors (Lipinski definition) is 4. The Bertz CT molecular complexity index is 541. The van der Waals surface area contributed by atoms with E-state index in [1.807, 2.05) is 41.5 Å². The number of carbonyl (C=O) groups excluding carboxylic acids is 2. The maximum Gasteiger partial charge on any atom is 0.456 e. The summed E-state index contributed by atoms with van der Waals surface area (Å²) in [5, 5.41) is 0. The molecule has 0 aromatic rings. The standard InChI is InChI=1S/C19H31F5O4/c1-8-16(4,5)10-13(17(6,7)9-2)15(26)28-12(3)14(25)27-11-18(20,21)19(22,23)24/h12-13H,8-11H2,1-7H3. The van der Waals surface area contributed by atoms with Crippen LogP contribution in [0.5, 0.6) is 0 Å². The molecule has 0 aliphatic heterocycles. The van der Waals surface area contributed by atoms with Crippen LogP contribution in [0, 0.1) is 16.7 Å². The van der Waals surface area contributed by atoms with Crippen molar-refractivity contribution >= 4 is 11.9 Å². The summed E-state index contributed by atoms with van der Waals surface area (Å²) in [6.45, 7) is 10.5. The quantitative estimate of drug-likeness (QED) is 0.345. The van der Waals surface area contributed by atoms with Gasteiger partial charge in [-0.25, -0.2) is 4.79 Å². The van der Waals surface area contributed by atoms with Gasteiger partial charge in [-0.2, -0.15) is 22.0 Å². The van der Waals surface area contributed by atoms with Gasteiger partial charge in [0.2, 0.25) is 0 Å². The molecule has 0 saturated heterocycles. The second-order valence-electron chi connectivity index (χ2n) is 8.51. The molecule has 0 N–H and O–H groups in total. The Balaban J connectivity index is 5.13. The van der Waals surface area contributed by atoms with E-state index in [1.165, 1.54) is 0 Å². The number of carbonyl (C=O) groups is 2. The normalized spacial score (nSPS) is 15.7. The van der Waals surface area contributed by atoms with Crippen LogP contribution in [0.15, 0.2) is 0 Å². The number of alkyl halides is 5. The van der Waals surface area contributed by atoms with Crippen molar-refractivity contribution in [1.82, 2.24) is 0 Å². The van der Waals surface area contributed by atoms with Gasteiger partial charge in [-0.1, -0.05) is 54.4 Å². The second-order valence-corrected chi connectivity index (χ2v) is 8.51. The van der Waals surface area contributed by atoms with Crippen molar-refractivity contribution in [2.45, 2.75) is 85.9 Å². The van der Waals surface area contributed by atoms with Crippen LogP contribution in [0.3, 0.4) is 0 Å². The van der Waals surface area contributed by atoms with Crippen LogP contribution >= 0.6 is 0 Å². The van der Waals surface area contributed by atoms with Crippen molar-refractivity contribution in [3.05, 3.63) is 0 Å². The number of ether oxygens (including phenoxy) is 2. The van der Waals surface area contributed by atoms with Gasteiger partial charge < -0.3 is 9.47 Å². The van der Waals surface area contributed by atoms with Gasteiger partial charge in [0, 0.05) is 0 Å². The lowest BCUT2D eigenvalue weighted by molar-refractivity contribution is -0.294. The molecular weight excluding hydrogens is 387 g/mol. The summed E-state index contributed by atoms with van der Waals surface area (Å²) in [6.07, 6.45) is -5.53. The molecule has 0 heterocycles. The van der Waals surface area contributed by atoms with Gasteiger partial charge in [0.25, 0.3) is 0 Å². The Morgan fingerprint density at radius 2 is 1.39 bits per heavy atom. The third kappa shape index (κ3) is 7.54. The fraction of sp³-hybridized carbons (Fsp3) is 0.895. The third-order valence-electron chi connectivity index (χ3n) is 5.29. The molecule has 0 aliphatic carbocycles. The van der Waals surface area contributed by atoms with Crippen LogP contribution in [0.25, 0.3) is 0 Å². The van der Waals surface area contributed by atoms with Crippen molar-refractivity contribution in [3.8, 4) is 0 Å². The van der Waals surface area contributed by atoms with Gasteiger partial charge >= 0.3 is 24.0 Å². The fourth-order valence-corrected chi connectivity index (χ4v) is 2.29. The van der Waals surface area contributed by atoms with E-state index in [4.69, 9.17) is 4.74 Å². The van der Waals surface area contributed by atoms with Crippen LogP contribution in [0.2, 0.25) is 0 Å². The van der Waals surface area contributed by atoms with Gasteiger partial charge in [-0.05, 0) is 24.2 Å². The van der Waals surface area contributed by atoms with Crippen LogP contribution < -0.4 is 0 Å². The largest absolute Gasteiger partial charge is 0.456 e. The van der Waals surface area contributed by atoms with Crippen LogP contribution in [-0.4, -0.2) is 36.7 Å². The summed E-state index contributed by atoms with van der Waals surface area (Å²) < 4.78 is 71.2. The average Bonchev–Trinajstić information content (AvgIpc) is 2.56. The van der Waals surface area contributed by atoms with Gasteiger partial charge in [0.15, 0.2) is 12.7 Å². The van der Waals surface area contributed by atoms with Gasteiger partial charge in [0.1, 0.15) is 0 Å². The lowest BCUT2D eigenvalue weighted by atomic mass is 9.68. The predicted octanol–water partition coefficient (Wildman–Crippen LogP) is 5.54. The molecule has 0 radical (unpaired) electrons. The average molecular weight is 418 g/mol. The van der Waals surface area contributed by atoms with E-state index < -0.39 is 48.1 Å². The Morgan fingerprint density at radius 1 is 0.893 bits per heavy atom. The SMILES string of the molecule is CCC(C)(C)CC(C(=O)OC(C)C(=O)OCC(F)(F)C(F)(F)F)C(C)(C)CC. The Labute approximate surface area is 163 Å². The maximum absolute atomic E-state index is 12.9. The van der Waals surface area contributed by atoms with Crippen LogP contribution in [-0.2, 0) is 19.1 Å². The van der Waals surface area contributed by atoms with Gasteiger partial charge in [-0.15, -0.1) is 0 Å². The van der Waals surface area contributed by atoms with Crippen molar-refractivity contribution in [3.63, 3.8) is 0 Å². The summed E-state index contributed by atoms with van der Waals surface area (Å²) in [5.74, 6) is -7.93. The van der Waals surface area contributed by atoms with Gasteiger partial charge in [0.05, 0.1) is 5.92 Å². The number of hydrogen-bond donors (Lipinski definition) is 0. The van der Waals surface area contributed by atoms with Crippen molar-refractivity contribution < 1.29 is 41.0 Å². The zero-order valence-corrected chi connectivity index (χ0v) is 17.5. The van der Waals surface area contributed by atoms with Crippen molar-refractivity contribution in [2.75, 3.05) is 6.61 Å². The molecule has 4 nitrogen and oxygen atoms in total. The van der Waals surface area contributed by atoms with E-state index in [0.717, 1.165) is 13.3 Å². The Hall–Kier alpha value is -1.41. The summed E-state index contributed by atoms with van der Waals surface area (Å²) in [6, 6.07) is 0. The van der Waals surface area contributed by atoms with E-state index in [2.05, 4.69) is 4.74 Å². The second kappa shape index (κ2) is 9.39. The molecule has 0 rings (SSSR count). The molecule has 0 aliphatic rings. The molecule has 0 aromatic carbocycles. The van der Waals surface area contributed by atoms with E-state index >= 15 is 0 Å². The number of halogens is 5. The minimum absolute atomic E-state index is 0.186. The molecule has 2 unspecified atom stereocenters. The zero-order valence-electron chi connectivity index (χ0n) is 17.5. The Kier molecular flexibility index (Phi) is 8.92. The van der Waals surface area contributed by atoms with Gasteiger partial charge in [-0.3, -0.25) is 4.79 Å². The smallest absolute Gasteiger partial charge is 0.456 e. The highest BCUT2D eigenvalue weighted by Crippen LogP contribution is 2.41. The topological polar surface area (TPSA) is 52.6 Å². The molecule has 2 atom stereocenters. The summed E-state index contributed by atoms with van der Waals surface area (Å²) in [5.41, 5.74) is -0.648. The lowest BCUT2D eigenvalue weighted by Gasteiger charge is -2.37. The lowest BCUT2D eigenvalue weighted by Crippen LogP contribution is -2.43. The van der Waals surface area contributed by atoms with E-state index in [-0.39, 0.29) is 5.41 Å². The summed E-state index contributed by atoms with van der Waals surface area (Å²) in [7, 11) is 0. The minimum atomic E-state index is -5.84. The number of rotatable bonds is 10. The molecule has 0 saturated carbocycles. The molecule has 0 bridgehead atoms. The van der Waals surface area contributed by atoms with E-state index in [0.29, 0.717) is 12.8 Å². The first-order chi connectivity index (χ1) is 12.4. The molecule has 0 aromatic heterocycles. The highest BCUT2D eigenvalue weighted by molar-refractivity contribution is 5.80. The molecule has 28 heavy (non-hydrogen) atoms. The first kappa shape index (κ1) is 26.6. The fourth-order valence-electron chi connectivity index (χ4n) is 2.29. The number of esters is 2. The summed E-state index contributed by atoms with van der Waals surface area (Å²) in [4.78, 5) is 24.4. The molecule has 0 fully saturated rings. The van der Waals surface area contributed by atoms with E-state index in [1.54, 1.807) is 0 Å². The monoisotopic (exact) mass is 418 g/mol. The van der Waals surface area contributed by atoms with E-state index in [9.17, 15) is 31.5 Å². The molecule has 0 spiro atoms. The first-order valence-corrected chi connectivity index (χ1v) is 9.22. The summed E-state index contributed by atoms with van der Waals surface area (Å²) >= 11 is 0. The zero-order chi connectivity index (χ0) is 22.6. The molecule has 0 amide bonds. The Morgan fingerprint density at radius 3 is 1.79 bits per heavy atom. The maximum atomic E-state index is 12.9. The highest BCUT2D eigenvalue weighted by Gasteiger charge is 2.58. The van der Waals surface area contributed by atoms with Crippen LogP contribution in [0.1, 0.15) is 67.7 Å². The molecule has 166 valence electrons. The third-order valence-corrected chi connectivity index (χ3v) is 5.29. The van der Waals surface area contributed by atoms with Crippen molar-refractivity contribution in [1.29, 1.82) is 0 Å².